The molecule has 0 radical (unpaired) electrons. The summed E-state index contributed by atoms with van der Waals surface area (Å²) in [6.07, 6.45) is 2.16. The highest BCUT2D eigenvalue weighted by atomic mass is 32.3. The second kappa shape index (κ2) is 15.1. The van der Waals surface area contributed by atoms with Crippen LogP contribution in [0.5, 0.6) is 5.75 Å². The van der Waals surface area contributed by atoms with Crippen molar-refractivity contribution in [2.45, 2.75) is 50.2 Å². The van der Waals surface area contributed by atoms with Crippen molar-refractivity contribution in [1.29, 1.82) is 0 Å². The number of ether oxygens (including phenoxy) is 1. The SMILES string of the molecule is Cn1c(=O)n(C2CCC(=O)NC2=O)c2ccc(C3CCN(CC(=O)N4CC(c5ccc6c(F)c(N7CC(=O)NS7(O)O)c(OCc7ccccc7)cc6c5)C4)CC3)cc21. The van der Waals surface area contributed by atoms with E-state index >= 15 is 4.39 Å². The van der Waals surface area contributed by atoms with Crippen LogP contribution in [0.1, 0.15) is 60.3 Å². The van der Waals surface area contributed by atoms with Gasteiger partial charge in [0, 0.05) is 37.9 Å². The van der Waals surface area contributed by atoms with Gasteiger partial charge in [-0.1, -0.05) is 54.6 Å². The van der Waals surface area contributed by atoms with Gasteiger partial charge in [-0.3, -0.25) is 47.6 Å². The van der Waals surface area contributed by atoms with Crippen LogP contribution in [-0.2, 0) is 32.8 Å². The molecular weight excluding hydrogens is 782 g/mol. The van der Waals surface area contributed by atoms with E-state index in [9.17, 15) is 33.1 Å². The third-order valence-corrected chi connectivity index (χ3v) is 13.6. The van der Waals surface area contributed by atoms with E-state index in [1.807, 2.05) is 65.6 Å². The summed E-state index contributed by atoms with van der Waals surface area (Å²) in [6, 6.07) is 21.5. The zero-order valence-electron chi connectivity index (χ0n) is 32.3. The Morgan fingerprint density at radius 2 is 1.61 bits per heavy atom. The van der Waals surface area contributed by atoms with Crippen LogP contribution in [0.15, 0.2) is 77.6 Å². The molecule has 4 aliphatic heterocycles. The summed E-state index contributed by atoms with van der Waals surface area (Å²) < 4.78 is 49.7. The van der Waals surface area contributed by atoms with E-state index in [1.54, 1.807) is 23.7 Å². The lowest BCUT2D eigenvalue weighted by Gasteiger charge is -2.41. The van der Waals surface area contributed by atoms with Gasteiger partial charge in [-0.05, 0) is 89.5 Å². The fourth-order valence-electron chi connectivity index (χ4n) is 8.82. The molecule has 4 fully saturated rings. The maximum Gasteiger partial charge on any atom is 0.329 e. The van der Waals surface area contributed by atoms with Crippen LogP contribution >= 0.6 is 11.0 Å². The summed E-state index contributed by atoms with van der Waals surface area (Å²) in [4.78, 5) is 67.1. The molecule has 0 saturated carbocycles. The summed E-state index contributed by atoms with van der Waals surface area (Å²) in [5.41, 5.74) is 3.75. The maximum atomic E-state index is 16.3. The highest BCUT2D eigenvalue weighted by molar-refractivity contribution is 8.24. The predicted molar refractivity (Wildman–Crippen MR) is 219 cm³/mol. The van der Waals surface area contributed by atoms with Crippen molar-refractivity contribution < 1.29 is 37.4 Å². The molecule has 5 heterocycles. The minimum Gasteiger partial charge on any atom is -0.487 e. The number of nitrogens with one attached hydrogen (secondary N) is 2. The van der Waals surface area contributed by atoms with Crippen LogP contribution in [0.25, 0.3) is 21.8 Å². The number of carbonyl (C=O) groups excluding carboxylic acids is 4. The Bertz CT molecular complexity index is 2580. The predicted octanol–water partition coefficient (Wildman–Crippen LogP) is 4.51. The molecule has 4 saturated heterocycles. The van der Waals surface area contributed by atoms with Crippen molar-refractivity contribution in [2.75, 3.05) is 43.6 Å². The van der Waals surface area contributed by atoms with Crippen LogP contribution in [-0.4, -0.2) is 90.9 Å². The number of fused-ring (bicyclic) bond motifs is 2. The number of hydrogen-bond donors (Lipinski definition) is 4. The minimum absolute atomic E-state index is 0.0479. The Hall–Kier alpha value is -5.75. The molecule has 59 heavy (non-hydrogen) atoms. The van der Waals surface area contributed by atoms with E-state index in [2.05, 4.69) is 14.9 Å². The quantitative estimate of drug-likeness (QED) is 0.155. The second-order valence-electron chi connectivity index (χ2n) is 15.8. The number of anilines is 1. The van der Waals surface area contributed by atoms with Gasteiger partial charge >= 0.3 is 5.69 Å². The number of imide groups is 1. The van der Waals surface area contributed by atoms with Crippen molar-refractivity contribution >= 4 is 62.1 Å². The molecule has 5 aromatic rings. The summed E-state index contributed by atoms with van der Waals surface area (Å²) in [6.45, 7) is 2.49. The monoisotopic (exact) mass is 825 g/mol. The number of aryl methyl sites for hydroxylation is 1. The van der Waals surface area contributed by atoms with E-state index in [0.29, 0.717) is 30.5 Å². The van der Waals surface area contributed by atoms with Gasteiger partial charge in [-0.25, -0.2) is 18.2 Å². The number of likely N-dealkylation sites (tertiary alicyclic amines) is 2. The van der Waals surface area contributed by atoms with Crippen molar-refractivity contribution in [1.82, 2.24) is 29.0 Å². The van der Waals surface area contributed by atoms with Gasteiger partial charge in [0.05, 0.1) is 17.6 Å². The largest absolute Gasteiger partial charge is 0.487 e. The maximum absolute atomic E-state index is 16.3. The number of amides is 4. The van der Waals surface area contributed by atoms with Crippen molar-refractivity contribution in [3.8, 4) is 5.75 Å². The fraction of sp³-hybridized carbons (Fsp3) is 0.357. The number of carbonyl (C=O) groups is 4. The van der Waals surface area contributed by atoms with Gasteiger partial charge in [-0.15, -0.1) is 0 Å². The Morgan fingerprint density at radius 1 is 0.881 bits per heavy atom. The van der Waals surface area contributed by atoms with E-state index < -0.39 is 41.2 Å². The van der Waals surface area contributed by atoms with Gasteiger partial charge in [-0.2, -0.15) is 0 Å². The number of imidazole rings is 1. The second-order valence-corrected chi connectivity index (χ2v) is 17.5. The highest BCUT2D eigenvalue weighted by Crippen LogP contribution is 2.51. The standard InChI is InChI=1S/C42H44FN7O8S/c1-46-34-18-28(8-10-32(34)50(42(46)55)33-11-12-36(51)44-41(33)54)26-13-15-47(16-14-26)23-38(53)48-20-30(21-48)27-7-9-31-29(17-27)19-35(58-24-25-5-3-2-4-6-25)40(39(31)43)49-22-37(52)45-59(49,56)57/h2-10,17-19,26,30,33,56-57H,11-16,20-24H2,1H3,(H,45,52)(H,44,51,54). The number of piperidine rings is 2. The summed E-state index contributed by atoms with van der Waals surface area (Å²) in [5.74, 6) is -1.76. The first-order chi connectivity index (χ1) is 28.3. The van der Waals surface area contributed by atoms with Crippen LogP contribution in [0.3, 0.4) is 0 Å². The van der Waals surface area contributed by atoms with Gasteiger partial charge < -0.3 is 9.64 Å². The van der Waals surface area contributed by atoms with E-state index in [-0.39, 0.29) is 65.6 Å². The number of halogens is 1. The first-order valence-electron chi connectivity index (χ1n) is 19.7. The summed E-state index contributed by atoms with van der Waals surface area (Å²) in [7, 11) is -2.12. The molecule has 17 heteroatoms. The third-order valence-electron chi connectivity index (χ3n) is 12.1. The summed E-state index contributed by atoms with van der Waals surface area (Å²) in [5, 5.41) is 3.12. The minimum atomic E-state index is -3.81. The zero-order valence-corrected chi connectivity index (χ0v) is 33.1. The number of aromatic nitrogens is 2. The molecule has 0 spiro atoms. The van der Waals surface area contributed by atoms with Crippen LogP contribution in [0.4, 0.5) is 10.1 Å². The number of hydrogen-bond acceptors (Lipinski definition) is 10. The number of benzene rings is 4. The third kappa shape index (κ3) is 7.21. The van der Waals surface area contributed by atoms with Crippen molar-refractivity contribution in [3.63, 3.8) is 0 Å². The lowest BCUT2D eigenvalue weighted by atomic mass is 9.88. The normalized spacial score (nSPS) is 20.8. The molecule has 1 aromatic heterocycles. The molecule has 0 aliphatic carbocycles. The molecule has 4 amide bonds. The smallest absolute Gasteiger partial charge is 0.329 e. The van der Waals surface area contributed by atoms with E-state index in [4.69, 9.17) is 4.74 Å². The van der Waals surface area contributed by atoms with E-state index in [1.165, 1.54) is 4.57 Å². The molecule has 0 bridgehead atoms. The Morgan fingerprint density at radius 3 is 2.32 bits per heavy atom. The van der Waals surface area contributed by atoms with Gasteiger partial charge in [0.1, 0.15) is 30.6 Å². The highest BCUT2D eigenvalue weighted by Gasteiger charge is 2.39. The lowest BCUT2D eigenvalue weighted by Crippen LogP contribution is -2.52. The average Bonchev–Trinajstić information content (AvgIpc) is 3.61. The molecular formula is C42H44FN7O8S. The topological polar surface area (TPSA) is 179 Å². The fourth-order valence-corrected chi connectivity index (χ4v) is 10.0. The first-order valence-corrected chi connectivity index (χ1v) is 21.2. The van der Waals surface area contributed by atoms with Gasteiger partial charge in [0.15, 0.2) is 5.82 Å². The lowest BCUT2D eigenvalue weighted by molar-refractivity contribution is -0.137. The molecule has 9 rings (SSSR count). The Kier molecular flexibility index (Phi) is 9.94. The van der Waals surface area contributed by atoms with E-state index in [0.717, 1.165) is 52.4 Å². The molecule has 4 N–H and O–H groups in total. The first kappa shape index (κ1) is 38.8. The average molecular weight is 826 g/mol. The summed E-state index contributed by atoms with van der Waals surface area (Å²) >= 11 is 0. The molecule has 4 aliphatic rings. The Labute approximate surface area is 339 Å². The molecule has 1 atom stereocenters. The van der Waals surface area contributed by atoms with Crippen molar-refractivity contribution in [2.24, 2.45) is 7.05 Å². The van der Waals surface area contributed by atoms with Crippen LogP contribution in [0, 0.1) is 5.82 Å². The molecule has 4 aromatic carbocycles. The number of rotatable bonds is 9. The van der Waals surface area contributed by atoms with Gasteiger partial charge in [0.25, 0.3) is 5.91 Å². The van der Waals surface area contributed by atoms with Crippen LogP contribution in [0.2, 0.25) is 0 Å². The molecule has 15 nitrogen and oxygen atoms in total. The van der Waals surface area contributed by atoms with Crippen molar-refractivity contribution in [3.05, 3.63) is 106 Å². The number of nitrogens with zero attached hydrogens (tertiary/aromatic N) is 5. The van der Waals surface area contributed by atoms with Gasteiger partial charge in [0.2, 0.25) is 17.7 Å². The van der Waals surface area contributed by atoms with Crippen LogP contribution < -0.4 is 24.8 Å². The Balaban J connectivity index is 0.837. The molecule has 1 unspecified atom stereocenters. The zero-order chi connectivity index (χ0) is 41.2. The molecule has 308 valence electrons.